The van der Waals surface area contributed by atoms with Gasteiger partial charge in [-0.25, -0.2) is 9.67 Å². The van der Waals surface area contributed by atoms with Crippen molar-refractivity contribution in [3.63, 3.8) is 0 Å². The lowest BCUT2D eigenvalue weighted by Gasteiger charge is -2.23. The number of ether oxygens (including phenoxy) is 2. The minimum atomic E-state index is -4.91. The number of nitrogens with one attached hydrogen (secondary N) is 1. The number of amides is 1. The molecule has 0 saturated carbocycles. The number of aryl methyl sites for hydroxylation is 1. The van der Waals surface area contributed by atoms with Gasteiger partial charge in [0.1, 0.15) is 6.10 Å². The summed E-state index contributed by atoms with van der Waals surface area (Å²) in [7, 11) is 0. The quantitative estimate of drug-likeness (QED) is 0.412. The topological polar surface area (TPSA) is 122 Å². The summed E-state index contributed by atoms with van der Waals surface area (Å²) in [6, 6.07) is 2.78. The molecule has 0 aromatic carbocycles. The summed E-state index contributed by atoms with van der Waals surface area (Å²) in [5.41, 5.74) is -0.948. The zero-order chi connectivity index (χ0) is 26.2. The summed E-state index contributed by atoms with van der Waals surface area (Å²) in [4.78, 5) is 22.4. The van der Waals surface area contributed by atoms with E-state index >= 15 is 0 Å². The molecule has 15 heteroatoms. The van der Waals surface area contributed by atoms with E-state index in [4.69, 9.17) is 21.1 Å². The highest BCUT2D eigenvalue weighted by molar-refractivity contribution is 6.32. The summed E-state index contributed by atoms with van der Waals surface area (Å²) in [5, 5.41) is 14.2. The first kappa shape index (κ1) is 24.8. The second kappa shape index (κ2) is 9.88. The Bertz CT molecular complexity index is 1440. The number of nitrogens with zero attached hydrogens (tertiary/aromatic N) is 7. The third-order valence-corrected chi connectivity index (χ3v) is 5.72. The van der Waals surface area contributed by atoms with Crippen molar-refractivity contribution in [3.8, 4) is 11.5 Å². The Balaban J connectivity index is 1.48. The molecular formula is C22H18ClF3N8O3. The predicted molar refractivity (Wildman–Crippen MR) is 123 cm³/mol. The van der Waals surface area contributed by atoms with E-state index in [1.54, 1.807) is 6.92 Å². The van der Waals surface area contributed by atoms with Crippen molar-refractivity contribution in [1.29, 1.82) is 0 Å². The van der Waals surface area contributed by atoms with Crippen molar-refractivity contribution < 1.29 is 27.4 Å². The average Bonchev–Trinajstić information content (AvgIpc) is 3.55. The lowest BCUT2D eigenvalue weighted by molar-refractivity contribution is -0.143. The number of carbonyl (C=O) groups is 1. The van der Waals surface area contributed by atoms with Crippen molar-refractivity contribution in [1.82, 2.24) is 34.7 Å². The van der Waals surface area contributed by atoms with Gasteiger partial charge >= 0.3 is 6.18 Å². The average molecular weight is 535 g/mol. The van der Waals surface area contributed by atoms with Crippen LogP contribution in [0.2, 0.25) is 5.02 Å². The first-order valence-electron chi connectivity index (χ1n) is 10.9. The van der Waals surface area contributed by atoms with Crippen LogP contribution in [0, 0.1) is 6.92 Å². The van der Waals surface area contributed by atoms with Crippen LogP contribution in [0.4, 0.5) is 18.9 Å². The van der Waals surface area contributed by atoms with E-state index in [0.29, 0.717) is 29.2 Å². The maximum absolute atomic E-state index is 14.2. The van der Waals surface area contributed by atoms with E-state index in [2.05, 4.69) is 30.6 Å². The number of rotatable bonds is 5. The molecule has 0 bridgehead atoms. The van der Waals surface area contributed by atoms with Gasteiger partial charge in [-0.1, -0.05) is 11.6 Å². The first-order valence-corrected chi connectivity index (χ1v) is 11.2. The van der Waals surface area contributed by atoms with Gasteiger partial charge in [-0.15, -0.1) is 4.80 Å². The van der Waals surface area contributed by atoms with Crippen LogP contribution in [0.15, 0.2) is 43.1 Å². The molecule has 1 aliphatic rings. The summed E-state index contributed by atoms with van der Waals surface area (Å²) >= 11 is 6.20. The summed E-state index contributed by atoms with van der Waals surface area (Å²) in [5.74, 6) is -0.859. The Morgan fingerprint density at radius 2 is 1.89 bits per heavy atom. The molecule has 5 rings (SSSR count). The van der Waals surface area contributed by atoms with Crippen LogP contribution in [-0.2, 0) is 15.7 Å². The molecule has 1 amide bonds. The molecule has 0 aliphatic carbocycles. The van der Waals surface area contributed by atoms with Gasteiger partial charge in [0.2, 0.25) is 0 Å². The molecule has 1 N–H and O–H groups in total. The van der Waals surface area contributed by atoms with Gasteiger partial charge in [0.15, 0.2) is 11.5 Å². The Hall–Kier alpha value is -3.88. The van der Waals surface area contributed by atoms with Gasteiger partial charge in [-0.3, -0.25) is 9.78 Å². The monoisotopic (exact) mass is 534 g/mol. The van der Waals surface area contributed by atoms with E-state index in [-0.39, 0.29) is 28.8 Å². The molecule has 192 valence electrons. The highest BCUT2D eigenvalue weighted by atomic mass is 35.5. The lowest BCUT2D eigenvalue weighted by Crippen LogP contribution is -2.24. The van der Waals surface area contributed by atoms with E-state index in [1.807, 2.05) is 0 Å². The fourth-order valence-electron chi connectivity index (χ4n) is 3.73. The number of hydrogen-bond donors (Lipinski definition) is 1. The molecule has 1 fully saturated rings. The summed E-state index contributed by atoms with van der Waals surface area (Å²) in [6.45, 7) is 2.58. The van der Waals surface area contributed by atoms with Gasteiger partial charge < -0.3 is 14.8 Å². The molecule has 4 aromatic heterocycles. The van der Waals surface area contributed by atoms with Crippen LogP contribution in [0.3, 0.4) is 0 Å². The number of alkyl halides is 3. The van der Waals surface area contributed by atoms with Gasteiger partial charge in [0.05, 0.1) is 72.3 Å². The highest BCUT2D eigenvalue weighted by Gasteiger charge is 2.41. The fourth-order valence-corrected chi connectivity index (χ4v) is 3.97. The largest absolute Gasteiger partial charge is 0.434 e. The predicted octanol–water partition coefficient (Wildman–Crippen LogP) is 3.56. The third-order valence-electron chi connectivity index (χ3n) is 5.44. The van der Waals surface area contributed by atoms with Crippen LogP contribution in [0.1, 0.15) is 33.4 Å². The summed E-state index contributed by atoms with van der Waals surface area (Å²) in [6.07, 6.45) is 0.919. The van der Waals surface area contributed by atoms with Gasteiger partial charge in [-0.2, -0.15) is 28.5 Å². The second-order valence-corrected chi connectivity index (χ2v) is 8.36. The minimum absolute atomic E-state index is 0.0728. The smallest absolute Gasteiger partial charge is 0.376 e. The lowest BCUT2D eigenvalue weighted by atomic mass is 10.1. The van der Waals surface area contributed by atoms with Gasteiger partial charge in [0.25, 0.3) is 5.91 Å². The van der Waals surface area contributed by atoms with Crippen molar-refractivity contribution >= 4 is 23.2 Å². The normalized spacial score (nSPS) is 16.1. The molecule has 1 atom stereocenters. The number of carbonyl (C=O) groups excluding carboxylic acids is 1. The molecule has 0 spiro atoms. The Labute approximate surface area is 212 Å². The second-order valence-electron chi connectivity index (χ2n) is 7.95. The molecule has 11 nitrogen and oxygen atoms in total. The Morgan fingerprint density at radius 3 is 2.57 bits per heavy atom. The highest BCUT2D eigenvalue weighted by Crippen LogP contribution is 2.35. The maximum atomic E-state index is 14.2. The first-order chi connectivity index (χ1) is 17.7. The van der Waals surface area contributed by atoms with Crippen LogP contribution in [0.25, 0.3) is 11.5 Å². The Morgan fingerprint density at radius 1 is 1.11 bits per heavy atom. The molecule has 37 heavy (non-hydrogen) atoms. The van der Waals surface area contributed by atoms with Crippen molar-refractivity contribution in [2.45, 2.75) is 19.2 Å². The van der Waals surface area contributed by atoms with E-state index in [0.717, 1.165) is 11.0 Å². The van der Waals surface area contributed by atoms with Crippen molar-refractivity contribution in [2.24, 2.45) is 0 Å². The van der Waals surface area contributed by atoms with Gasteiger partial charge in [-0.05, 0) is 24.6 Å². The summed E-state index contributed by atoms with van der Waals surface area (Å²) < 4.78 is 54.4. The SMILES string of the molecule is Cc1cnc([C@H]2COCCO2)cc1-n1ncc(C(=O)Nc2cnc(-n3nccn3)c(Cl)c2)c1C(F)(F)F. The minimum Gasteiger partial charge on any atom is -0.376 e. The van der Waals surface area contributed by atoms with Crippen molar-refractivity contribution in [2.75, 3.05) is 25.1 Å². The van der Waals surface area contributed by atoms with Gasteiger partial charge in [0, 0.05) is 6.20 Å². The molecule has 0 radical (unpaired) electrons. The zero-order valence-corrected chi connectivity index (χ0v) is 19.9. The third kappa shape index (κ3) is 5.03. The molecule has 1 saturated heterocycles. The van der Waals surface area contributed by atoms with E-state index in [1.165, 1.54) is 36.9 Å². The molecule has 1 aliphatic heterocycles. The number of hydrogen-bond acceptors (Lipinski definition) is 8. The van der Waals surface area contributed by atoms with Crippen LogP contribution >= 0.6 is 11.6 Å². The molecule has 0 unspecified atom stereocenters. The molecular weight excluding hydrogens is 517 g/mol. The zero-order valence-electron chi connectivity index (χ0n) is 19.1. The number of anilines is 1. The number of pyridine rings is 2. The number of aromatic nitrogens is 7. The van der Waals surface area contributed by atoms with Crippen molar-refractivity contribution in [3.05, 3.63) is 70.7 Å². The molecule has 4 aromatic rings. The fraction of sp³-hybridized carbons (Fsp3) is 0.273. The van der Waals surface area contributed by atoms with Crippen LogP contribution in [0.5, 0.6) is 0 Å². The molecule has 5 heterocycles. The van der Waals surface area contributed by atoms with E-state index in [9.17, 15) is 18.0 Å². The standard InChI is InChI=1S/C22H18ClF3N8O3/c1-12-8-27-16(18-11-36-4-5-37-18)7-17(12)33-19(22(24,25)26)14(10-31-33)21(35)32-13-6-15(23)20(28-9-13)34-29-2-3-30-34/h2-3,6-10,18H,4-5,11H2,1H3,(H,32,35)/t18-/m1/s1. The Kier molecular flexibility index (Phi) is 6.62. The maximum Gasteiger partial charge on any atom is 0.434 e. The number of halogens is 4. The van der Waals surface area contributed by atoms with E-state index < -0.39 is 29.4 Å². The van der Waals surface area contributed by atoms with Crippen LogP contribution in [-0.4, -0.2) is 60.5 Å². The van der Waals surface area contributed by atoms with Crippen LogP contribution < -0.4 is 5.32 Å².